The number of nitrogens with zero attached hydrogens (tertiary/aromatic N) is 2. The highest BCUT2D eigenvalue weighted by Crippen LogP contribution is 2.30. The normalized spacial score (nSPS) is 13.2. The van der Waals surface area contributed by atoms with Crippen LogP contribution in [0.5, 0.6) is 0 Å². The lowest BCUT2D eigenvalue weighted by molar-refractivity contribution is -0.119. The van der Waals surface area contributed by atoms with E-state index in [2.05, 4.69) is 10.3 Å². The summed E-state index contributed by atoms with van der Waals surface area (Å²) < 4.78 is 5.38. The van der Waals surface area contributed by atoms with Crippen LogP contribution in [0.15, 0.2) is 23.6 Å². The largest absolute Gasteiger partial charge is 0.452 e. The molecule has 28 heavy (non-hydrogen) atoms. The number of rotatable bonds is 4. The van der Waals surface area contributed by atoms with Crippen LogP contribution in [0, 0.1) is 13.8 Å². The van der Waals surface area contributed by atoms with Crippen molar-refractivity contribution in [3.8, 4) is 0 Å². The minimum atomic E-state index is -0.471. The highest BCUT2D eigenvalue weighted by atomic mass is 32.1. The molecule has 0 aliphatic heterocycles. The summed E-state index contributed by atoms with van der Waals surface area (Å²) in [6, 6.07) is 5.89. The number of carbonyl (C=O) groups excluding carboxylic acids is 2. The molecule has 1 aromatic carbocycles. The summed E-state index contributed by atoms with van der Waals surface area (Å²) in [5.41, 5.74) is 5.17. The first-order valence-electron chi connectivity index (χ1n) is 9.32. The molecule has 0 saturated heterocycles. The number of amides is 1. The molecule has 1 aliphatic rings. The van der Waals surface area contributed by atoms with E-state index in [0.717, 1.165) is 59.1 Å². The number of thiazole rings is 1. The van der Waals surface area contributed by atoms with Crippen LogP contribution in [0.1, 0.15) is 45.7 Å². The Labute approximate surface area is 167 Å². The average molecular weight is 395 g/mol. The lowest BCUT2D eigenvalue weighted by atomic mass is 9.89. The van der Waals surface area contributed by atoms with Crippen molar-refractivity contribution in [2.45, 2.75) is 39.5 Å². The van der Waals surface area contributed by atoms with Gasteiger partial charge >= 0.3 is 5.97 Å². The van der Waals surface area contributed by atoms with Crippen molar-refractivity contribution in [3.63, 3.8) is 0 Å². The highest BCUT2D eigenvalue weighted by molar-refractivity contribution is 7.13. The third-order valence-corrected chi connectivity index (χ3v) is 5.70. The molecule has 1 N–H and O–H groups in total. The van der Waals surface area contributed by atoms with Crippen molar-refractivity contribution in [1.29, 1.82) is 0 Å². The van der Waals surface area contributed by atoms with E-state index in [4.69, 9.17) is 9.72 Å². The molecule has 0 fully saturated rings. The highest BCUT2D eigenvalue weighted by Gasteiger charge is 2.24. The molecule has 7 heteroatoms. The van der Waals surface area contributed by atoms with Crippen LogP contribution < -0.4 is 5.32 Å². The molecular formula is C21H21N3O3S. The number of anilines is 1. The maximum absolute atomic E-state index is 13.0. The number of nitrogens with one attached hydrogen (secondary N) is 1. The van der Waals surface area contributed by atoms with Gasteiger partial charge in [-0.25, -0.2) is 9.78 Å². The Morgan fingerprint density at radius 2 is 2.00 bits per heavy atom. The van der Waals surface area contributed by atoms with Gasteiger partial charge in [-0.3, -0.25) is 15.1 Å². The first-order valence-corrected chi connectivity index (χ1v) is 10.2. The van der Waals surface area contributed by atoms with Crippen LogP contribution in [0.25, 0.3) is 10.9 Å². The molecule has 144 valence electrons. The number of carbonyl (C=O) groups is 2. The van der Waals surface area contributed by atoms with Crippen molar-refractivity contribution in [3.05, 3.63) is 51.7 Å². The van der Waals surface area contributed by atoms with Crippen LogP contribution in [0.3, 0.4) is 0 Å². The molecule has 2 aromatic heterocycles. The fourth-order valence-electron chi connectivity index (χ4n) is 3.54. The zero-order chi connectivity index (χ0) is 19.7. The molecule has 4 rings (SSSR count). The van der Waals surface area contributed by atoms with Crippen LogP contribution in [-0.4, -0.2) is 28.5 Å². The van der Waals surface area contributed by atoms with Crippen molar-refractivity contribution < 1.29 is 14.3 Å². The maximum Gasteiger partial charge on any atom is 0.339 e. The van der Waals surface area contributed by atoms with E-state index in [1.807, 2.05) is 37.4 Å². The van der Waals surface area contributed by atoms with Gasteiger partial charge in [-0.05, 0) is 57.2 Å². The first-order chi connectivity index (χ1) is 13.5. The molecule has 0 bridgehead atoms. The summed E-state index contributed by atoms with van der Waals surface area (Å²) in [5, 5.41) is 5.80. The molecule has 0 saturated carbocycles. The SMILES string of the molecule is Cc1ccc2nc3c(c(C(=O)OCC(=O)Nc4nc(C)cs4)c2c1)CCCC3. The van der Waals surface area contributed by atoms with Gasteiger partial charge in [-0.1, -0.05) is 11.6 Å². The predicted octanol–water partition coefficient (Wildman–Crippen LogP) is 3.98. The fraction of sp³-hybridized carbons (Fsp3) is 0.333. The number of aromatic nitrogens is 2. The van der Waals surface area contributed by atoms with E-state index in [0.29, 0.717) is 10.7 Å². The molecule has 2 heterocycles. The molecule has 1 amide bonds. The van der Waals surface area contributed by atoms with Gasteiger partial charge in [-0.2, -0.15) is 0 Å². The Morgan fingerprint density at radius 1 is 1.18 bits per heavy atom. The third-order valence-electron chi connectivity index (χ3n) is 4.82. The molecule has 0 radical (unpaired) electrons. The smallest absolute Gasteiger partial charge is 0.339 e. The zero-order valence-corrected chi connectivity index (χ0v) is 16.7. The van der Waals surface area contributed by atoms with E-state index >= 15 is 0 Å². The Kier molecular flexibility index (Phi) is 5.09. The molecule has 0 spiro atoms. The van der Waals surface area contributed by atoms with Gasteiger partial charge < -0.3 is 4.74 Å². The minimum Gasteiger partial charge on any atom is -0.452 e. The zero-order valence-electron chi connectivity index (χ0n) is 15.9. The van der Waals surface area contributed by atoms with Gasteiger partial charge in [0.1, 0.15) is 0 Å². The van der Waals surface area contributed by atoms with E-state index < -0.39 is 11.9 Å². The number of benzene rings is 1. The molecule has 6 nitrogen and oxygen atoms in total. The second-order valence-electron chi connectivity index (χ2n) is 7.06. The van der Waals surface area contributed by atoms with Gasteiger partial charge in [0, 0.05) is 16.5 Å². The number of hydrogen-bond donors (Lipinski definition) is 1. The number of hydrogen-bond acceptors (Lipinski definition) is 6. The molecule has 0 unspecified atom stereocenters. The Balaban J connectivity index is 1.59. The predicted molar refractivity (Wildman–Crippen MR) is 109 cm³/mol. The number of esters is 1. The quantitative estimate of drug-likeness (QED) is 0.676. The summed E-state index contributed by atoms with van der Waals surface area (Å²) in [6.07, 6.45) is 3.77. The molecule has 1 aliphatic carbocycles. The monoisotopic (exact) mass is 395 g/mol. The van der Waals surface area contributed by atoms with Crippen LogP contribution in [0.4, 0.5) is 5.13 Å². The van der Waals surface area contributed by atoms with Crippen LogP contribution in [0.2, 0.25) is 0 Å². The minimum absolute atomic E-state index is 0.345. The number of fused-ring (bicyclic) bond motifs is 2. The number of pyridine rings is 1. The van der Waals surface area contributed by atoms with Crippen LogP contribution in [-0.2, 0) is 22.4 Å². The van der Waals surface area contributed by atoms with Crippen molar-refractivity contribution >= 4 is 39.2 Å². The summed E-state index contributed by atoms with van der Waals surface area (Å²) in [7, 11) is 0. The second kappa shape index (κ2) is 7.67. The van der Waals surface area contributed by atoms with Crippen molar-refractivity contribution in [2.24, 2.45) is 0 Å². The fourth-order valence-corrected chi connectivity index (χ4v) is 4.25. The topological polar surface area (TPSA) is 81.2 Å². The van der Waals surface area contributed by atoms with E-state index in [1.165, 1.54) is 11.3 Å². The molecule has 3 aromatic rings. The molecule has 0 atom stereocenters. The maximum atomic E-state index is 13.0. The third kappa shape index (κ3) is 3.75. The summed E-state index contributed by atoms with van der Waals surface area (Å²) in [4.78, 5) is 34.0. The molecular weight excluding hydrogens is 374 g/mol. The summed E-state index contributed by atoms with van der Waals surface area (Å²) >= 11 is 1.34. The Bertz CT molecular complexity index is 1070. The van der Waals surface area contributed by atoms with Gasteiger partial charge in [0.15, 0.2) is 11.7 Å². The Hall–Kier alpha value is -2.80. The van der Waals surface area contributed by atoms with Gasteiger partial charge in [-0.15, -0.1) is 11.3 Å². The standard InChI is InChI=1S/C21H21N3O3S/c1-12-7-8-17-15(9-12)19(14-5-3-4-6-16(14)23-17)20(26)27-10-18(25)24-21-22-13(2)11-28-21/h7-9,11H,3-6,10H2,1-2H3,(H,22,24,25). The lowest BCUT2D eigenvalue weighted by Gasteiger charge is -2.20. The van der Waals surface area contributed by atoms with E-state index in [-0.39, 0.29) is 6.61 Å². The van der Waals surface area contributed by atoms with Gasteiger partial charge in [0.05, 0.1) is 16.8 Å². The van der Waals surface area contributed by atoms with E-state index in [9.17, 15) is 9.59 Å². The van der Waals surface area contributed by atoms with Crippen molar-refractivity contribution in [1.82, 2.24) is 9.97 Å². The first kappa shape index (κ1) is 18.6. The number of aryl methyl sites for hydroxylation is 3. The average Bonchev–Trinajstić information content (AvgIpc) is 3.09. The van der Waals surface area contributed by atoms with E-state index in [1.54, 1.807) is 0 Å². The Morgan fingerprint density at radius 3 is 2.79 bits per heavy atom. The van der Waals surface area contributed by atoms with Crippen molar-refractivity contribution in [2.75, 3.05) is 11.9 Å². The summed E-state index contributed by atoms with van der Waals surface area (Å²) in [6.45, 7) is 3.49. The summed E-state index contributed by atoms with van der Waals surface area (Å²) in [5.74, 6) is -0.868. The number of ether oxygens (including phenoxy) is 1. The lowest BCUT2D eigenvalue weighted by Crippen LogP contribution is -2.22. The second-order valence-corrected chi connectivity index (χ2v) is 7.92. The van der Waals surface area contributed by atoms with Crippen LogP contribution >= 0.6 is 11.3 Å². The van der Waals surface area contributed by atoms with Gasteiger partial charge in [0.25, 0.3) is 5.91 Å². The van der Waals surface area contributed by atoms with Gasteiger partial charge in [0.2, 0.25) is 0 Å².